The van der Waals surface area contributed by atoms with Crippen LogP contribution in [0.2, 0.25) is 0 Å². The Hall–Kier alpha value is -1.77. The lowest BCUT2D eigenvalue weighted by Crippen LogP contribution is -2.45. The third-order valence-electron chi connectivity index (χ3n) is 2.44. The normalized spacial score (nSPS) is 24.2. The predicted octanol–water partition coefficient (Wildman–Crippen LogP) is 0.621. The number of likely N-dealkylation sites (tertiary alicyclic amines) is 1. The van der Waals surface area contributed by atoms with Crippen molar-refractivity contribution < 1.29 is 14.3 Å². The maximum absolute atomic E-state index is 11.8. The van der Waals surface area contributed by atoms with E-state index in [0.717, 1.165) is 0 Å². The summed E-state index contributed by atoms with van der Waals surface area (Å²) in [5.41, 5.74) is 4.57. The van der Waals surface area contributed by atoms with Gasteiger partial charge in [0.15, 0.2) is 0 Å². The highest BCUT2D eigenvalue weighted by atomic mass is 16.6. The van der Waals surface area contributed by atoms with Gasteiger partial charge in [-0.2, -0.15) is 5.26 Å². The Morgan fingerprint density at radius 2 is 2.06 bits per heavy atom. The van der Waals surface area contributed by atoms with Crippen LogP contribution >= 0.6 is 0 Å². The van der Waals surface area contributed by atoms with Crippen molar-refractivity contribution in [2.75, 3.05) is 6.54 Å². The van der Waals surface area contributed by atoms with Crippen LogP contribution in [0.3, 0.4) is 0 Å². The molecular formula is C11H17N3O3. The van der Waals surface area contributed by atoms with E-state index in [4.69, 9.17) is 15.7 Å². The van der Waals surface area contributed by atoms with Gasteiger partial charge in [-0.3, -0.25) is 9.69 Å². The molecule has 6 heteroatoms. The summed E-state index contributed by atoms with van der Waals surface area (Å²) in [7, 11) is 0. The maximum Gasteiger partial charge on any atom is 0.411 e. The Morgan fingerprint density at radius 1 is 1.47 bits per heavy atom. The van der Waals surface area contributed by atoms with Gasteiger partial charge in [-0.05, 0) is 27.2 Å². The number of hydrogen-bond acceptors (Lipinski definition) is 4. The molecule has 1 aliphatic heterocycles. The van der Waals surface area contributed by atoms with Crippen LogP contribution in [0.5, 0.6) is 0 Å². The first-order valence-corrected chi connectivity index (χ1v) is 5.43. The first-order valence-electron chi connectivity index (χ1n) is 5.43. The lowest BCUT2D eigenvalue weighted by molar-refractivity contribution is -0.122. The van der Waals surface area contributed by atoms with Gasteiger partial charge in [0, 0.05) is 6.54 Å². The van der Waals surface area contributed by atoms with E-state index in [1.165, 1.54) is 4.90 Å². The van der Waals surface area contributed by atoms with E-state index in [0.29, 0.717) is 0 Å². The van der Waals surface area contributed by atoms with Crippen LogP contribution in [-0.4, -0.2) is 35.1 Å². The van der Waals surface area contributed by atoms with E-state index in [1.54, 1.807) is 20.8 Å². The second-order valence-electron chi connectivity index (χ2n) is 5.11. The van der Waals surface area contributed by atoms with Crippen LogP contribution < -0.4 is 5.73 Å². The number of hydrogen-bond donors (Lipinski definition) is 1. The molecule has 1 rings (SSSR count). The Labute approximate surface area is 100 Å². The Bertz CT molecular complexity index is 367. The molecule has 0 aromatic carbocycles. The molecule has 1 aliphatic rings. The van der Waals surface area contributed by atoms with Crippen LogP contribution in [0, 0.1) is 17.2 Å². The maximum atomic E-state index is 11.8. The van der Waals surface area contributed by atoms with E-state index in [-0.39, 0.29) is 18.9 Å². The Balaban J connectivity index is 2.78. The van der Waals surface area contributed by atoms with Gasteiger partial charge >= 0.3 is 6.09 Å². The SMILES string of the molecule is CC(C)(C)OC(=O)N1CC(C#N)CC1C(N)=O. The molecule has 0 aromatic rings. The average Bonchev–Trinajstić information content (AvgIpc) is 2.58. The molecule has 0 radical (unpaired) electrons. The van der Waals surface area contributed by atoms with Gasteiger partial charge in [0.05, 0.1) is 12.0 Å². The van der Waals surface area contributed by atoms with Gasteiger partial charge in [0.1, 0.15) is 11.6 Å². The molecule has 1 fully saturated rings. The summed E-state index contributed by atoms with van der Waals surface area (Å²) in [5.74, 6) is -0.964. The average molecular weight is 239 g/mol. The number of carbonyl (C=O) groups excluding carboxylic acids is 2. The van der Waals surface area contributed by atoms with Gasteiger partial charge in [-0.25, -0.2) is 4.79 Å². The molecule has 1 saturated heterocycles. The van der Waals surface area contributed by atoms with Crippen molar-refractivity contribution in [3.63, 3.8) is 0 Å². The second kappa shape index (κ2) is 4.62. The topological polar surface area (TPSA) is 96.4 Å². The summed E-state index contributed by atoms with van der Waals surface area (Å²) in [6.45, 7) is 5.41. The van der Waals surface area contributed by atoms with Gasteiger partial charge in [-0.1, -0.05) is 0 Å². The fourth-order valence-electron chi connectivity index (χ4n) is 1.72. The highest BCUT2D eigenvalue weighted by Gasteiger charge is 2.40. The summed E-state index contributed by atoms with van der Waals surface area (Å²) in [6.07, 6.45) is -0.315. The molecular weight excluding hydrogens is 222 g/mol. The molecule has 2 unspecified atom stereocenters. The van der Waals surface area contributed by atoms with Crippen LogP contribution in [0.4, 0.5) is 4.79 Å². The van der Waals surface area contributed by atoms with Gasteiger partial charge < -0.3 is 10.5 Å². The molecule has 0 aromatic heterocycles. The fraction of sp³-hybridized carbons (Fsp3) is 0.727. The number of nitrogens with two attached hydrogens (primary N) is 1. The lowest BCUT2D eigenvalue weighted by Gasteiger charge is -2.27. The van der Waals surface area contributed by atoms with Crippen molar-refractivity contribution in [1.29, 1.82) is 5.26 Å². The molecule has 17 heavy (non-hydrogen) atoms. The van der Waals surface area contributed by atoms with Gasteiger partial charge in [-0.15, -0.1) is 0 Å². The minimum atomic E-state index is -0.741. The standard InChI is InChI=1S/C11H17N3O3/c1-11(2,3)17-10(16)14-6-7(5-12)4-8(14)9(13)15/h7-8H,4,6H2,1-3H3,(H2,13,15). The summed E-state index contributed by atoms with van der Waals surface area (Å²) < 4.78 is 5.16. The summed E-state index contributed by atoms with van der Waals surface area (Å²) in [6, 6.07) is 1.30. The molecule has 1 heterocycles. The van der Waals surface area contributed by atoms with Crippen molar-refractivity contribution in [3.8, 4) is 6.07 Å². The first kappa shape index (κ1) is 13.3. The number of primary amides is 1. The van der Waals surface area contributed by atoms with Crippen LogP contribution in [0.25, 0.3) is 0 Å². The van der Waals surface area contributed by atoms with Crippen molar-refractivity contribution >= 4 is 12.0 Å². The molecule has 94 valence electrons. The Morgan fingerprint density at radius 3 is 2.47 bits per heavy atom. The van der Waals surface area contributed by atoms with Crippen molar-refractivity contribution in [2.24, 2.45) is 11.7 Å². The van der Waals surface area contributed by atoms with Gasteiger partial charge in [0.2, 0.25) is 5.91 Å². The zero-order valence-corrected chi connectivity index (χ0v) is 10.3. The van der Waals surface area contributed by atoms with E-state index in [2.05, 4.69) is 0 Å². The molecule has 0 aliphatic carbocycles. The number of amides is 2. The molecule has 0 bridgehead atoms. The van der Waals surface area contributed by atoms with Crippen molar-refractivity contribution in [2.45, 2.75) is 38.8 Å². The summed E-state index contributed by atoms with van der Waals surface area (Å²) in [4.78, 5) is 24.3. The predicted molar refractivity (Wildman–Crippen MR) is 59.6 cm³/mol. The number of carbonyl (C=O) groups is 2. The highest BCUT2D eigenvalue weighted by molar-refractivity contribution is 5.85. The van der Waals surface area contributed by atoms with E-state index < -0.39 is 23.6 Å². The second-order valence-corrected chi connectivity index (χ2v) is 5.11. The highest BCUT2D eigenvalue weighted by Crippen LogP contribution is 2.24. The van der Waals surface area contributed by atoms with E-state index >= 15 is 0 Å². The zero-order valence-electron chi connectivity index (χ0n) is 10.3. The molecule has 2 atom stereocenters. The summed E-state index contributed by atoms with van der Waals surface area (Å²) in [5, 5.41) is 8.82. The Kier molecular flexibility index (Phi) is 3.61. The number of nitrogens with zero attached hydrogens (tertiary/aromatic N) is 2. The largest absolute Gasteiger partial charge is 0.444 e. The first-order chi connectivity index (χ1) is 7.74. The molecule has 6 nitrogen and oxygen atoms in total. The van der Waals surface area contributed by atoms with Crippen molar-refractivity contribution in [1.82, 2.24) is 4.90 Å². The third kappa shape index (κ3) is 3.34. The molecule has 0 saturated carbocycles. The molecule has 0 spiro atoms. The zero-order chi connectivity index (χ0) is 13.2. The minimum Gasteiger partial charge on any atom is -0.444 e. The minimum absolute atomic E-state index is 0.193. The van der Waals surface area contributed by atoms with Crippen LogP contribution in [0.1, 0.15) is 27.2 Å². The number of rotatable bonds is 1. The summed E-state index contributed by atoms with van der Waals surface area (Å²) >= 11 is 0. The van der Waals surface area contributed by atoms with Crippen molar-refractivity contribution in [3.05, 3.63) is 0 Å². The van der Waals surface area contributed by atoms with Crippen LogP contribution in [0.15, 0.2) is 0 Å². The lowest BCUT2D eigenvalue weighted by atomic mass is 10.1. The number of ether oxygens (including phenoxy) is 1. The molecule has 2 N–H and O–H groups in total. The monoisotopic (exact) mass is 239 g/mol. The van der Waals surface area contributed by atoms with Gasteiger partial charge in [0.25, 0.3) is 0 Å². The van der Waals surface area contributed by atoms with Crippen LogP contribution in [-0.2, 0) is 9.53 Å². The third-order valence-corrected chi connectivity index (χ3v) is 2.44. The van der Waals surface area contributed by atoms with E-state index in [9.17, 15) is 9.59 Å². The quantitative estimate of drug-likeness (QED) is 0.725. The molecule has 2 amide bonds. The van der Waals surface area contributed by atoms with E-state index in [1.807, 2.05) is 6.07 Å². The number of nitriles is 1. The smallest absolute Gasteiger partial charge is 0.411 e. The fourth-order valence-corrected chi connectivity index (χ4v) is 1.72.